The average Bonchev–Trinajstić information content (AvgIpc) is 2.66. The molecule has 2 N–H and O–H groups in total. The van der Waals surface area contributed by atoms with E-state index in [2.05, 4.69) is 42.3 Å². The fraction of sp³-hybridized carbons (Fsp3) is 0.429. The second-order valence-corrected chi connectivity index (χ2v) is 6.93. The fourth-order valence-corrected chi connectivity index (χ4v) is 3.55. The van der Waals surface area contributed by atoms with E-state index in [0.29, 0.717) is 24.8 Å². The number of rotatable bonds is 7. The number of hydrogen-bond acceptors (Lipinski definition) is 4. The Morgan fingerprint density at radius 3 is 3.04 bits per heavy atom. The predicted molar refractivity (Wildman–Crippen MR) is 102 cm³/mol. The lowest BCUT2D eigenvalue weighted by Gasteiger charge is -2.27. The first-order valence-corrected chi connectivity index (χ1v) is 9.28. The highest BCUT2D eigenvalue weighted by Gasteiger charge is 2.23. The van der Waals surface area contributed by atoms with Gasteiger partial charge in [-0.05, 0) is 42.0 Å². The van der Waals surface area contributed by atoms with Crippen molar-refractivity contribution in [3.63, 3.8) is 0 Å². The van der Waals surface area contributed by atoms with Crippen LogP contribution in [-0.4, -0.2) is 29.2 Å². The second-order valence-electron chi connectivity index (χ2n) is 6.93. The van der Waals surface area contributed by atoms with Crippen molar-refractivity contribution in [3.8, 4) is 5.75 Å². The zero-order valence-corrected chi connectivity index (χ0v) is 15.4. The van der Waals surface area contributed by atoms with Gasteiger partial charge in [0.05, 0.1) is 24.1 Å². The van der Waals surface area contributed by atoms with Gasteiger partial charge in [0.25, 0.3) is 0 Å². The summed E-state index contributed by atoms with van der Waals surface area (Å²) in [6.07, 6.45) is 6.31. The maximum Gasteiger partial charge on any atom is 0.337 e. The second kappa shape index (κ2) is 8.21. The number of fused-ring (bicyclic) bond motifs is 1. The Morgan fingerprint density at radius 2 is 2.27 bits per heavy atom. The molecule has 3 rings (SSSR count). The molecule has 0 fully saturated rings. The van der Waals surface area contributed by atoms with E-state index in [1.54, 1.807) is 6.20 Å². The fourth-order valence-electron chi connectivity index (χ4n) is 3.55. The van der Waals surface area contributed by atoms with Crippen LogP contribution in [0.1, 0.15) is 66.4 Å². The first kappa shape index (κ1) is 18.2. The number of nitrogens with one attached hydrogen (secondary N) is 1. The SMILES string of the molecule is CCCC(C)c1ccc2c(c1)OCCC2CNc1cnccc1C(=O)O. The maximum atomic E-state index is 11.3. The number of nitrogens with zero attached hydrogens (tertiary/aromatic N) is 1. The van der Waals surface area contributed by atoms with Crippen LogP contribution in [-0.2, 0) is 0 Å². The van der Waals surface area contributed by atoms with Gasteiger partial charge in [0, 0.05) is 18.7 Å². The quantitative estimate of drug-likeness (QED) is 0.756. The lowest BCUT2D eigenvalue weighted by atomic mass is 9.89. The molecule has 1 aliphatic rings. The number of anilines is 1. The van der Waals surface area contributed by atoms with Gasteiger partial charge in [-0.2, -0.15) is 0 Å². The molecule has 2 aromatic rings. The predicted octanol–water partition coefficient (Wildman–Crippen LogP) is 4.66. The van der Waals surface area contributed by atoms with Gasteiger partial charge in [-0.15, -0.1) is 0 Å². The lowest BCUT2D eigenvalue weighted by molar-refractivity contribution is 0.0697. The standard InChI is InChI=1S/C21H26N2O3/c1-3-4-14(2)15-5-6-17-16(8-10-26-20(17)11-15)12-23-19-13-22-9-7-18(19)21(24)25/h5-7,9,11,13-14,16,23H,3-4,8,10,12H2,1-2H3,(H,24,25). The van der Waals surface area contributed by atoms with Crippen LogP contribution in [0.2, 0.25) is 0 Å². The van der Waals surface area contributed by atoms with E-state index < -0.39 is 5.97 Å². The van der Waals surface area contributed by atoms with Crippen molar-refractivity contribution in [1.82, 2.24) is 4.98 Å². The van der Waals surface area contributed by atoms with Crippen LogP contribution in [0.15, 0.2) is 36.7 Å². The summed E-state index contributed by atoms with van der Waals surface area (Å²) in [7, 11) is 0. The number of aromatic nitrogens is 1. The van der Waals surface area contributed by atoms with Crippen molar-refractivity contribution < 1.29 is 14.6 Å². The molecule has 0 radical (unpaired) electrons. The van der Waals surface area contributed by atoms with Crippen LogP contribution in [0, 0.1) is 0 Å². The summed E-state index contributed by atoms with van der Waals surface area (Å²) in [4.78, 5) is 15.4. The van der Waals surface area contributed by atoms with Gasteiger partial charge >= 0.3 is 5.97 Å². The van der Waals surface area contributed by atoms with Crippen molar-refractivity contribution in [2.45, 2.75) is 44.9 Å². The molecule has 2 unspecified atom stereocenters. The van der Waals surface area contributed by atoms with Crippen molar-refractivity contribution >= 4 is 11.7 Å². The number of carboxylic acids is 1. The Kier molecular flexibility index (Phi) is 5.76. The third-order valence-electron chi connectivity index (χ3n) is 5.08. The number of pyridine rings is 1. The zero-order valence-electron chi connectivity index (χ0n) is 15.4. The zero-order chi connectivity index (χ0) is 18.5. The minimum absolute atomic E-state index is 0.246. The van der Waals surface area contributed by atoms with E-state index in [4.69, 9.17) is 4.74 Å². The molecule has 1 aliphatic heterocycles. The highest BCUT2D eigenvalue weighted by atomic mass is 16.5. The van der Waals surface area contributed by atoms with Gasteiger partial charge in [-0.3, -0.25) is 4.98 Å². The van der Waals surface area contributed by atoms with E-state index in [0.717, 1.165) is 12.2 Å². The van der Waals surface area contributed by atoms with E-state index in [-0.39, 0.29) is 11.5 Å². The van der Waals surface area contributed by atoms with Crippen LogP contribution < -0.4 is 10.1 Å². The number of carbonyl (C=O) groups is 1. The van der Waals surface area contributed by atoms with E-state index >= 15 is 0 Å². The summed E-state index contributed by atoms with van der Waals surface area (Å²) in [6.45, 7) is 5.80. The molecular weight excluding hydrogens is 328 g/mol. The van der Waals surface area contributed by atoms with Crippen LogP contribution in [0.3, 0.4) is 0 Å². The third kappa shape index (κ3) is 3.98. The summed E-state index contributed by atoms with van der Waals surface area (Å²) in [6, 6.07) is 8.07. The van der Waals surface area contributed by atoms with E-state index in [1.165, 1.54) is 36.2 Å². The van der Waals surface area contributed by atoms with Crippen molar-refractivity contribution in [3.05, 3.63) is 53.3 Å². The number of benzene rings is 1. The Bertz CT molecular complexity index is 776. The third-order valence-corrected chi connectivity index (χ3v) is 5.08. The smallest absolute Gasteiger partial charge is 0.337 e. The van der Waals surface area contributed by atoms with Crippen molar-refractivity contribution in [2.75, 3.05) is 18.5 Å². The first-order valence-electron chi connectivity index (χ1n) is 9.28. The number of aromatic carboxylic acids is 1. The van der Waals surface area contributed by atoms with Crippen molar-refractivity contribution in [2.24, 2.45) is 0 Å². The molecule has 0 saturated carbocycles. The monoisotopic (exact) mass is 354 g/mol. The average molecular weight is 354 g/mol. The molecule has 138 valence electrons. The van der Waals surface area contributed by atoms with Crippen LogP contribution >= 0.6 is 0 Å². The molecule has 0 saturated heterocycles. The molecule has 26 heavy (non-hydrogen) atoms. The highest BCUT2D eigenvalue weighted by molar-refractivity contribution is 5.93. The van der Waals surface area contributed by atoms with Gasteiger partial charge in [0.15, 0.2) is 0 Å². The molecule has 1 aromatic carbocycles. The Hall–Kier alpha value is -2.56. The van der Waals surface area contributed by atoms with Crippen LogP contribution in [0.25, 0.3) is 0 Å². The Labute approximate surface area is 154 Å². The minimum atomic E-state index is -0.947. The molecule has 2 atom stereocenters. The molecule has 5 nitrogen and oxygen atoms in total. The molecular formula is C21H26N2O3. The lowest BCUT2D eigenvalue weighted by Crippen LogP contribution is -2.21. The van der Waals surface area contributed by atoms with Crippen LogP contribution in [0.5, 0.6) is 5.75 Å². The molecule has 0 aliphatic carbocycles. The molecule has 0 amide bonds. The minimum Gasteiger partial charge on any atom is -0.493 e. The summed E-state index contributed by atoms with van der Waals surface area (Å²) in [5.74, 6) is 0.835. The van der Waals surface area contributed by atoms with Crippen molar-refractivity contribution in [1.29, 1.82) is 0 Å². The molecule has 0 spiro atoms. The van der Waals surface area contributed by atoms with Gasteiger partial charge in [-0.25, -0.2) is 4.79 Å². The normalized spacial score (nSPS) is 17.1. The molecule has 2 heterocycles. The molecule has 1 aromatic heterocycles. The van der Waals surface area contributed by atoms with E-state index in [9.17, 15) is 9.90 Å². The van der Waals surface area contributed by atoms with E-state index in [1.807, 2.05) is 0 Å². The summed E-state index contributed by atoms with van der Waals surface area (Å²) in [5.41, 5.74) is 3.31. The summed E-state index contributed by atoms with van der Waals surface area (Å²) >= 11 is 0. The summed E-state index contributed by atoms with van der Waals surface area (Å²) in [5, 5.41) is 12.6. The molecule has 0 bridgehead atoms. The Balaban J connectivity index is 1.75. The van der Waals surface area contributed by atoms with Gasteiger partial charge in [0.1, 0.15) is 5.75 Å². The van der Waals surface area contributed by atoms with Gasteiger partial charge in [-0.1, -0.05) is 32.4 Å². The number of hydrogen-bond donors (Lipinski definition) is 2. The summed E-state index contributed by atoms with van der Waals surface area (Å²) < 4.78 is 5.90. The highest BCUT2D eigenvalue weighted by Crippen LogP contribution is 2.36. The molecule has 5 heteroatoms. The first-order chi connectivity index (χ1) is 12.6. The number of ether oxygens (including phenoxy) is 1. The van der Waals surface area contributed by atoms with Crippen LogP contribution in [0.4, 0.5) is 5.69 Å². The topological polar surface area (TPSA) is 71.5 Å². The maximum absolute atomic E-state index is 11.3. The van der Waals surface area contributed by atoms with Gasteiger partial charge in [0.2, 0.25) is 0 Å². The largest absolute Gasteiger partial charge is 0.493 e. The van der Waals surface area contributed by atoms with Gasteiger partial charge < -0.3 is 15.2 Å². The Morgan fingerprint density at radius 1 is 1.42 bits per heavy atom. The number of carboxylic acid groups (broad SMARTS) is 1.